The van der Waals surface area contributed by atoms with E-state index in [0.717, 1.165) is 76.2 Å². The quantitative estimate of drug-likeness (QED) is 0.488. The van der Waals surface area contributed by atoms with Crippen LogP contribution in [-0.2, 0) is 4.79 Å². The molecule has 5 heteroatoms. The first-order valence-electron chi connectivity index (χ1n) is 10.7. The molecule has 1 saturated heterocycles. The van der Waals surface area contributed by atoms with Gasteiger partial charge in [0.25, 0.3) is 0 Å². The van der Waals surface area contributed by atoms with Crippen LogP contribution in [0.1, 0.15) is 37.3 Å². The zero-order valence-electron chi connectivity index (χ0n) is 18.7. The SMILES string of the molecule is COc1ccc(-c2coc3c(C)c(OC)c(/C(C)=C/C(=O)N4CCCCC4)cc23)cc1. The molecule has 0 radical (unpaired) electrons. The summed E-state index contributed by atoms with van der Waals surface area (Å²) in [6, 6.07) is 9.98. The lowest BCUT2D eigenvalue weighted by molar-refractivity contribution is -0.126. The van der Waals surface area contributed by atoms with Crippen LogP contribution in [0, 0.1) is 6.92 Å². The summed E-state index contributed by atoms with van der Waals surface area (Å²) < 4.78 is 17.0. The Kier molecular flexibility index (Phi) is 6.03. The van der Waals surface area contributed by atoms with E-state index < -0.39 is 0 Å². The van der Waals surface area contributed by atoms with E-state index in [2.05, 4.69) is 6.07 Å². The first-order chi connectivity index (χ1) is 15.0. The van der Waals surface area contributed by atoms with Crippen LogP contribution in [0.4, 0.5) is 0 Å². The summed E-state index contributed by atoms with van der Waals surface area (Å²) in [5.74, 6) is 1.62. The van der Waals surface area contributed by atoms with Gasteiger partial charge in [-0.2, -0.15) is 0 Å². The molecule has 162 valence electrons. The van der Waals surface area contributed by atoms with Crippen molar-refractivity contribution in [3.8, 4) is 22.6 Å². The van der Waals surface area contributed by atoms with Crippen LogP contribution in [0.15, 0.2) is 47.1 Å². The van der Waals surface area contributed by atoms with Crippen molar-refractivity contribution >= 4 is 22.4 Å². The molecule has 0 N–H and O–H groups in total. The third-order valence-corrected chi connectivity index (χ3v) is 6.08. The van der Waals surface area contributed by atoms with Crippen molar-refractivity contribution in [2.24, 2.45) is 0 Å². The largest absolute Gasteiger partial charge is 0.497 e. The fourth-order valence-corrected chi connectivity index (χ4v) is 4.33. The summed E-state index contributed by atoms with van der Waals surface area (Å²) in [5, 5.41) is 0.997. The molecule has 31 heavy (non-hydrogen) atoms. The smallest absolute Gasteiger partial charge is 0.246 e. The van der Waals surface area contributed by atoms with Crippen molar-refractivity contribution in [1.29, 1.82) is 0 Å². The average molecular weight is 420 g/mol. The third-order valence-electron chi connectivity index (χ3n) is 6.08. The molecule has 0 unspecified atom stereocenters. The van der Waals surface area contributed by atoms with E-state index in [-0.39, 0.29) is 5.91 Å². The number of nitrogens with zero attached hydrogens (tertiary/aromatic N) is 1. The van der Waals surface area contributed by atoms with Crippen LogP contribution in [0.5, 0.6) is 11.5 Å². The zero-order valence-corrected chi connectivity index (χ0v) is 18.7. The topological polar surface area (TPSA) is 51.9 Å². The Balaban J connectivity index is 1.78. The number of fused-ring (bicyclic) bond motifs is 1. The number of rotatable bonds is 5. The lowest BCUT2D eigenvalue weighted by Gasteiger charge is -2.25. The van der Waals surface area contributed by atoms with Crippen LogP contribution < -0.4 is 9.47 Å². The maximum atomic E-state index is 12.8. The van der Waals surface area contributed by atoms with Gasteiger partial charge in [-0.3, -0.25) is 4.79 Å². The number of amides is 1. The summed E-state index contributed by atoms with van der Waals surface area (Å²) in [7, 11) is 3.31. The van der Waals surface area contributed by atoms with Gasteiger partial charge >= 0.3 is 0 Å². The standard InChI is InChI=1S/C26H29NO4/c1-17(14-24(28)27-12-6-5-7-13-27)21-15-22-23(19-8-10-20(29-3)11-9-19)16-31-26(22)18(2)25(21)30-4/h8-11,14-16H,5-7,12-13H2,1-4H3/b17-14+. The van der Waals surface area contributed by atoms with E-state index in [9.17, 15) is 4.79 Å². The molecule has 1 amide bonds. The number of methoxy groups -OCH3 is 2. The van der Waals surface area contributed by atoms with Crippen molar-refractivity contribution in [3.63, 3.8) is 0 Å². The van der Waals surface area contributed by atoms with Gasteiger partial charge in [-0.25, -0.2) is 0 Å². The van der Waals surface area contributed by atoms with Gasteiger partial charge in [0.05, 0.1) is 20.5 Å². The lowest BCUT2D eigenvalue weighted by atomic mass is 9.96. The Morgan fingerprint density at radius 3 is 2.42 bits per heavy atom. The second-order valence-electron chi connectivity index (χ2n) is 8.05. The second-order valence-corrected chi connectivity index (χ2v) is 8.05. The van der Waals surface area contributed by atoms with E-state index >= 15 is 0 Å². The minimum Gasteiger partial charge on any atom is -0.497 e. The van der Waals surface area contributed by atoms with E-state index in [0.29, 0.717) is 0 Å². The molecule has 4 rings (SSSR count). The highest BCUT2D eigenvalue weighted by molar-refractivity contribution is 6.01. The molecule has 5 nitrogen and oxygen atoms in total. The highest BCUT2D eigenvalue weighted by atomic mass is 16.5. The maximum Gasteiger partial charge on any atom is 0.246 e. The molecule has 0 saturated carbocycles. The summed E-state index contributed by atoms with van der Waals surface area (Å²) in [6.07, 6.45) is 6.87. The Labute approximate surface area is 183 Å². The molecule has 0 bridgehead atoms. The molecule has 2 aromatic carbocycles. The minimum absolute atomic E-state index is 0.0691. The predicted octanol–water partition coefficient (Wildman–Crippen LogP) is 5.84. The Morgan fingerprint density at radius 2 is 1.77 bits per heavy atom. The zero-order chi connectivity index (χ0) is 22.0. The van der Waals surface area contributed by atoms with Crippen molar-refractivity contribution < 1.29 is 18.7 Å². The molecule has 0 aliphatic carbocycles. The number of ether oxygens (including phenoxy) is 2. The number of carbonyl (C=O) groups excluding carboxylic acids is 1. The fraction of sp³-hybridized carbons (Fsp3) is 0.346. The van der Waals surface area contributed by atoms with E-state index in [4.69, 9.17) is 13.9 Å². The van der Waals surface area contributed by atoms with Gasteiger partial charge in [-0.15, -0.1) is 0 Å². The number of furan rings is 1. The molecular weight excluding hydrogens is 390 g/mol. The fourth-order valence-electron chi connectivity index (χ4n) is 4.33. The lowest BCUT2D eigenvalue weighted by Crippen LogP contribution is -2.34. The minimum atomic E-state index is 0.0691. The van der Waals surface area contributed by atoms with Gasteiger partial charge in [0, 0.05) is 41.2 Å². The number of piperidine rings is 1. The highest BCUT2D eigenvalue weighted by Crippen LogP contribution is 2.40. The number of likely N-dealkylation sites (tertiary alicyclic amines) is 1. The van der Waals surface area contributed by atoms with E-state index in [1.165, 1.54) is 6.42 Å². The number of carbonyl (C=O) groups is 1. The van der Waals surface area contributed by atoms with Gasteiger partial charge in [-0.05, 0) is 62.4 Å². The van der Waals surface area contributed by atoms with Crippen LogP contribution in [-0.4, -0.2) is 38.1 Å². The third kappa shape index (κ3) is 4.05. The Morgan fingerprint density at radius 1 is 1.06 bits per heavy atom. The van der Waals surface area contributed by atoms with Gasteiger partial charge < -0.3 is 18.8 Å². The second kappa shape index (κ2) is 8.88. The van der Waals surface area contributed by atoms with Crippen LogP contribution in [0.2, 0.25) is 0 Å². The molecule has 0 atom stereocenters. The Bertz CT molecular complexity index is 1120. The first-order valence-corrected chi connectivity index (χ1v) is 10.7. The number of hydrogen-bond donors (Lipinski definition) is 0. The monoisotopic (exact) mass is 419 g/mol. The number of hydrogen-bond acceptors (Lipinski definition) is 4. The Hall–Kier alpha value is -3.21. The highest BCUT2D eigenvalue weighted by Gasteiger charge is 2.20. The molecule has 3 aromatic rings. The van der Waals surface area contributed by atoms with Gasteiger partial charge in [-0.1, -0.05) is 12.1 Å². The number of benzene rings is 2. The normalized spacial score (nSPS) is 14.7. The van der Waals surface area contributed by atoms with Gasteiger partial charge in [0.15, 0.2) is 0 Å². The molecule has 1 aromatic heterocycles. The number of allylic oxidation sites excluding steroid dienone is 1. The summed E-state index contributed by atoms with van der Waals surface area (Å²) in [6.45, 7) is 5.63. The van der Waals surface area contributed by atoms with Crippen molar-refractivity contribution in [3.05, 3.63) is 53.8 Å². The average Bonchev–Trinajstić information content (AvgIpc) is 3.24. The summed E-state index contributed by atoms with van der Waals surface area (Å²) in [5.41, 5.74) is 5.56. The summed E-state index contributed by atoms with van der Waals surface area (Å²) >= 11 is 0. The molecule has 1 fully saturated rings. The van der Waals surface area contributed by atoms with Crippen molar-refractivity contribution in [2.45, 2.75) is 33.1 Å². The first kappa shape index (κ1) is 21.0. The van der Waals surface area contributed by atoms with Crippen molar-refractivity contribution in [2.75, 3.05) is 27.3 Å². The molecule has 1 aliphatic rings. The molecule has 1 aliphatic heterocycles. The maximum absolute atomic E-state index is 12.8. The molecule has 0 spiro atoms. The summed E-state index contributed by atoms with van der Waals surface area (Å²) in [4.78, 5) is 14.7. The van der Waals surface area contributed by atoms with Crippen molar-refractivity contribution in [1.82, 2.24) is 4.90 Å². The molecular formula is C26H29NO4. The van der Waals surface area contributed by atoms with Crippen LogP contribution in [0.25, 0.3) is 27.7 Å². The van der Waals surface area contributed by atoms with E-state index in [1.54, 1.807) is 26.6 Å². The predicted molar refractivity (Wildman–Crippen MR) is 124 cm³/mol. The molecule has 2 heterocycles. The van der Waals surface area contributed by atoms with Gasteiger partial charge in [0.2, 0.25) is 5.91 Å². The van der Waals surface area contributed by atoms with Crippen LogP contribution in [0.3, 0.4) is 0 Å². The van der Waals surface area contributed by atoms with Gasteiger partial charge in [0.1, 0.15) is 17.1 Å². The van der Waals surface area contributed by atoms with E-state index in [1.807, 2.05) is 43.0 Å². The number of aryl methyl sites for hydroxylation is 1. The van der Waals surface area contributed by atoms with Crippen LogP contribution >= 0.6 is 0 Å².